The lowest BCUT2D eigenvalue weighted by molar-refractivity contribution is -0.128. The fourth-order valence-electron chi connectivity index (χ4n) is 2.17. The smallest absolute Gasteiger partial charge is 0.358 e. The van der Waals surface area contributed by atoms with E-state index in [-0.39, 0.29) is 13.2 Å². The van der Waals surface area contributed by atoms with Crippen LogP contribution in [0.3, 0.4) is 0 Å². The highest BCUT2D eigenvalue weighted by molar-refractivity contribution is 7.48. The first-order valence-corrected chi connectivity index (χ1v) is 8.93. The van der Waals surface area contributed by atoms with Gasteiger partial charge in [-0.3, -0.25) is 9.05 Å². The largest absolute Gasteiger partial charge is 0.477 e. The van der Waals surface area contributed by atoms with Crippen molar-refractivity contribution in [2.24, 2.45) is 0 Å². The Kier molecular flexibility index (Phi) is 6.10. The SMILES string of the molecule is CCOP(=O)(OCC)OC(O)(c1ccccc1)c1ccccc1. The third kappa shape index (κ3) is 4.28. The molecule has 0 atom stereocenters. The normalized spacial score (nSPS) is 12.3. The molecule has 1 N–H and O–H groups in total. The lowest BCUT2D eigenvalue weighted by Gasteiger charge is -2.31. The number of benzene rings is 2. The summed E-state index contributed by atoms with van der Waals surface area (Å²) in [5, 5.41) is 11.2. The van der Waals surface area contributed by atoms with Crippen LogP contribution in [0.5, 0.6) is 0 Å². The van der Waals surface area contributed by atoms with Gasteiger partial charge in [0.15, 0.2) is 0 Å². The van der Waals surface area contributed by atoms with Crippen molar-refractivity contribution >= 4 is 7.82 Å². The maximum absolute atomic E-state index is 12.7. The second-order valence-corrected chi connectivity index (χ2v) is 6.34. The molecule has 0 bridgehead atoms. The standard InChI is InChI=1S/C17H21O5P/c1-3-20-23(19,21-4-2)22-17(18,15-11-7-5-8-12-15)16-13-9-6-10-14-16/h5-14,18H,3-4H2,1-2H3. The van der Waals surface area contributed by atoms with Crippen molar-refractivity contribution in [3.63, 3.8) is 0 Å². The number of hydrogen-bond donors (Lipinski definition) is 1. The molecule has 0 aliphatic heterocycles. The fraction of sp³-hybridized carbons (Fsp3) is 0.294. The van der Waals surface area contributed by atoms with Crippen LogP contribution in [0.1, 0.15) is 25.0 Å². The molecule has 0 unspecified atom stereocenters. The molecule has 0 saturated heterocycles. The van der Waals surface area contributed by atoms with E-state index in [1.54, 1.807) is 62.4 Å². The average molecular weight is 336 g/mol. The van der Waals surface area contributed by atoms with Gasteiger partial charge in [0, 0.05) is 11.1 Å². The maximum Gasteiger partial charge on any atom is 0.477 e. The van der Waals surface area contributed by atoms with E-state index in [4.69, 9.17) is 13.6 Å². The minimum Gasteiger partial charge on any atom is -0.358 e. The highest BCUT2D eigenvalue weighted by Crippen LogP contribution is 2.55. The van der Waals surface area contributed by atoms with Gasteiger partial charge in [0.05, 0.1) is 13.2 Å². The molecule has 0 fully saturated rings. The zero-order valence-electron chi connectivity index (χ0n) is 13.2. The zero-order chi connectivity index (χ0) is 16.8. The number of phosphoric ester groups is 1. The summed E-state index contributed by atoms with van der Waals surface area (Å²) in [7, 11) is -3.92. The first kappa shape index (κ1) is 17.9. The summed E-state index contributed by atoms with van der Waals surface area (Å²) in [4.78, 5) is 0. The van der Waals surface area contributed by atoms with E-state index in [0.717, 1.165) is 0 Å². The molecule has 2 aromatic rings. The van der Waals surface area contributed by atoms with Crippen molar-refractivity contribution in [1.82, 2.24) is 0 Å². The minimum atomic E-state index is -3.92. The van der Waals surface area contributed by atoms with Crippen LogP contribution in [0.25, 0.3) is 0 Å². The van der Waals surface area contributed by atoms with Crippen LogP contribution >= 0.6 is 7.82 Å². The monoisotopic (exact) mass is 336 g/mol. The van der Waals surface area contributed by atoms with Crippen molar-refractivity contribution < 1.29 is 23.2 Å². The van der Waals surface area contributed by atoms with E-state index in [2.05, 4.69) is 0 Å². The highest BCUT2D eigenvalue weighted by Gasteiger charge is 2.42. The lowest BCUT2D eigenvalue weighted by Crippen LogP contribution is -2.30. The van der Waals surface area contributed by atoms with Crippen LogP contribution in [0.15, 0.2) is 60.7 Å². The van der Waals surface area contributed by atoms with Crippen LogP contribution in [0.2, 0.25) is 0 Å². The van der Waals surface area contributed by atoms with Crippen molar-refractivity contribution in [2.75, 3.05) is 13.2 Å². The van der Waals surface area contributed by atoms with Crippen LogP contribution < -0.4 is 0 Å². The molecule has 0 aromatic heterocycles. The van der Waals surface area contributed by atoms with Crippen molar-refractivity contribution in [2.45, 2.75) is 19.6 Å². The molecule has 6 heteroatoms. The molecule has 124 valence electrons. The summed E-state index contributed by atoms with van der Waals surface area (Å²) in [6.45, 7) is 3.63. The molecule has 5 nitrogen and oxygen atoms in total. The Hall–Kier alpha value is -1.49. The number of hydrogen-bond acceptors (Lipinski definition) is 5. The first-order valence-electron chi connectivity index (χ1n) is 7.47. The van der Waals surface area contributed by atoms with E-state index in [1.807, 2.05) is 12.1 Å². The second-order valence-electron chi connectivity index (χ2n) is 4.75. The molecular formula is C17H21O5P. The van der Waals surface area contributed by atoms with E-state index < -0.39 is 13.6 Å². The number of aliphatic hydroxyl groups is 1. The van der Waals surface area contributed by atoms with Crippen molar-refractivity contribution in [1.29, 1.82) is 0 Å². The van der Waals surface area contributed by atoms with Crippen LogP contribution in [-0.2, 0) is 23.9 Å². The Morgan fingerprint density at radius 3 is 1.61 bits per heavy atom. The van der Waals surface area contributed by atoms with E-state index >= 15 is 0 Å². The lowest BCUT2D eigenvalue weighted by atomic mass is 9.98. The summed E-state index contributed by atoms with van der Waals surface area (Å²) in [5.41, 5.74) is 0.872. The molecule has 0 saturated carbocycles. The average Bonchev–Trinajstić information content (AvgIpc) is 2.56. The molecule has 0 spiro atoms. The maximum atomic E-state index is 12.7. The van der Waals surface area contributed by atoms with Gasteiger partial charge in [-0.25, -0.2) is 9.09 Å². The van der Waals surface area contributed by atoms with Crippen LogP contribution in [0.4, 0.5) is 0 Å². The second kappa shape index (κ2) is 7.86. The Bertz CT molecular complexity index is 595. The van der Waals surface area contributed by atoms with Gasteiger partial charge >= 0.3 is 7.82 Å². The van der Waals surface area contributed by atoms with Gasteiger partial charge in [0.1, 0.15) is 0 Å². The van der Waals surface area contributed by atoms with Gasteiger partial charge in [-0.15, -0.1) is 0 Å². The molecular weight excluding hydrogens is 315 g/mol. The quantitative estimate of drug-likeness (QED) is 0.581. The molecule has 2 rings (SSSR count). The number of phosphoric acid groups is 1. The van der Waals surface area contributed by atoms with Gasteiger partial charge in [0.2, 0.25) is 5.79 Å². The summed E-state index contributed by atoms with van der Waals surface area (Å²) in [5.74, 6) is -1.94. The summed E-state index contributed by atoms with van der Waals surface area (Å²) >= 11 is 0. The minimum absolute atomic E-state index is 0.136. The van der Waals surface area contributed by atoms with Gasteiger partial charge in [-0.05, 0) is 13.8 Å². The molecule has 0 radical (unpaired) electrons. The predicted octanol–water partition coefficient (Wildman–Crippen LogP) is 4.08. The first-order chi connectivity index (χ1) is 11.0. The van der Waals surface area contributed by atoms with Crippen molar-refractivity contribution in [3.05, 3.63) is 71.8 Å². The van der Waals surface area contributed by atoms with Gasteiger partial charge in [-0.1, -0.05) is 60.7 Å². The Morgan fingerprint density at radius 2 is 1.26 bits per heavy atom. The molecule has 0 aliphatic rings. The van der Waals surface area contributed by atoms with Crippen LogP contribution in [-0.4, -0.2) is 18.3 Å². The molecule has 2 aromatic carbocycles. The third-order valence-corrected chi connectivity index (χ3v) is 4.79. The van der Waals surface area contributed by atoms with Gasteiger partial charge in [0.25, 0.3) is 0 Å². The number of rotatable bonds is 8. The summed E-state index contributed by atoms with van der Waals surface area (Å²) in [6, 6.07) is 17.4. The van der Waals surface area contributed by atoms with Crippen molar-refractivity contribution in [3.8, 4) is 0 Å². The fourth-order valence-corrected chi connectivity index (χ4v) is 3.52. The van der Waals surface area contributed by atoms with E-state index in [1.165, 1.54) is 0 Å². The van der Waals surface area contributed by atoms with Gasteiger partial charge < -0.3 is 5.11 Å². The van der Waals surface area contributed by atoms with E-state index in [9.17, 15) is 9.67 Å². The Balaban J connectivity index is 2.48. The molecule has 0 amide bonds. The van der Waals surface area contributed by atoms with E-state index in [0.29, 0.717) is 11.1 Å². The van der Waals surface area contributed by atoms with Crippen LogP contribution in [0, 0.1) is 0 Å². The molecule has 0 heterocycles. The highest BCUT2D eigenvalue weighted by atomic mass is 31.2. The predicted molar refractivity (Wildman–Crippen MR) is 87.8 cm³/mol. The summed E-state index contributed by atoms with van der Waals surface area (Å²) < 4.78 is 28.6. The molecule has 23 heavy (non-hydrogen) atoms. The Labute approximate surface area is 136 Å². The topological polar surface area (TPSA) is 65.0 Å². The molecule has 0 aliphatic carbocycles. The van der Waals surface area contributed by atoms with Gasteiger partial charge in [-0.2, -0.15) is 0 Å². The third-order valence-electron chi connectivity index (χ3n) is 3.15. The summed E-state index contributed by atoms with van der Waals surface area (Å²) in [6.07, 6.45) is 0. The zero-order valence-corrected chi connectivity index (χ0v) is 14.1. The Morgan fingerprint density at radius 1 is 0.870 bits per heavy atom.